The number of Topliss-reactive ketones (excluding diaryl/α,β-unsaturated/α-hetero) is 1. The van der Waals surface area contributed by atoms with Crippen molar-refractivity contribution in [3.05, 3.63) is 88.6 Å². The van der Waals surface area contributed by atoms with Crippen LogP contribution in [0.2, 0.25) is 0 Å². The number of amides is 1. The van der Waals surface area contributed by atoms with Crippen molar-refractivity contribution in [1.29, 1.82) is 0 Å². The Hall–Kier alpha value is -2.94. The monoisotopic (exact) mass is 345 g/mol. The number of aryl methyl sites for hydroxylation is 2. The van der Waals surface area contributed by atoms with Gasteiger partial charge in [0.2, 0.25) is 0 Å². The lowest BCUT2D eigenvalue weighted by Gasteiger charge is -2.24. The van der Waals surface area contributed by atoms with E-state index >= 15 is 0 Å². The molecule has 0 spiro atoms. The lowest BCUT2D eigenvalue weighted by atomic mass is 10.00. The number of carbonyl (C=O) groups is 2. The predicted octanol–water partition coefficient (Wildman–Crippen LogP) is 4.87. The number of hydrogen-bond donors (Lipinski definition) is 0. The van der Waals surface area contributed by atoms with Crippen LogP contribution in [0.1, 0.15) is 42.3 Å². The third kappa shape index (κ3) is 2.80. The summed E-state index contributed by atoms with van der Waals surface area (Å²) in [5.41, 5.74) is 5.02. The Balaban J connectivity index is 2.09. The van der Waals surface area contributed by atoms with E-state index in [1.54, 1.807) is 36.1 Å². The summed E-state index contributed by atoms with van der Waals surface area (Å²) in [6.45, 7) is 10.1. The standard InChI is InChI=1S/C23H23NO2/c1-5-17-13-10-14-18(6-2)21(17)24-16(4)15(3)20(23(24)26)22(25)19-11-8-7-9-12-19/h7-14H,4-6H2,1-3H3. The summed E-state index contributed by atoms with van der Waals surface area (Å²) in [7, 11) is 0. The Morgan fingerprint density at radius 2 is 1.54 bits per heavy atom. The van der Waals surface area contributed by atoms with Crippen LogP contribution in [-0.2, 0) is 17.6 Å². The van der Waals surface area contributed by atoms with Gasteiger partial charge in [-0.15, -0.1) is 0 Å². The fourth-order valence-corrected chi connectivity index (χ4v) is 3.45. The lowest BCUT2D eigenvalue weighted by molar-refractivity contribution is -0.114. The zero-order valence-corrected chi connectivity index (χ0v) is 15.5. The fourth-order valence-electron chi connectivity index (χ4n) is 3.45. The molecule has 1 heterocycles. The minimum atomic E-state index is -0.281. The highest BCUT2D eigenvalue weighted by Crippen LogP contribution is 2.38. The van der Waals surface area contributed by atoms with Crippen molar-refractivity contribution in [3.8, 4) is 0 Å². The minimum Gasteiger partial charge on any atom is -0.288 e. The maximum absolute atomic E-state index is 13.3. The first-order chi connectivity index (χ1) is 12.5. The van der Waals surface area contributed by atoms with Crippen molar-refractivity contribution in [3.63, 3.8) is 0 Å². The molecule has 3 rings (SSSR count). The number of para-hydroxylation sites is 1. The van der Waals surface area contributed by atoms with Gasteiger partial charge in [0, 0.05) is 11.3 Å². The molecule has 2 aromatic carbocycles. The van der Waals surface area contributed by atoms with Crippen LogP contribution in [0.3, 0.4) is 0 Å². The van der Waals surface area contributed by atoms with Crippen LogP contribution in [0, 0.1) is 0 Å². The molecule has 0 bridgehead atoms. The molecule has 3 heteroatoms. The molecule has 0 fully saturated rings. The van der Waals surface area contributed by atoms with Gasteiger partial charge in [0.1, 0.15) is 0 Å². The van der Waals surface area contributed by atoms with Crippen molar-refractivity contribution in [2.24, 2.45) is 0 Å². The smallest absolute Gasteiger partial charge is 0.267 e. The molecule has 132 valence electrons. The maximum Gasteiger partial charge on any atom is 0.267 e. The summed E-state index contributed by atoms with van der Waals surface area (Å²) >= 11 is 0. The molecule has 1 amide bonds. The van der Waals surface area contributed by atoms with Crippen molar-refractivity contribution in [2.45, 2.75) is 33.6 Å². The predicted molar refractivity (Wildman–Crippen MR) is 105 cm³/mol. The number of anilines is 1. The van der Waals surface area contributed by atoms with Crippen LogP contribution >= 0.6 is 0 Å². The number of hydrogen-bond acceptors (Lipinski definition) is 2. The van der Waals surface area contributed by atoms with Gasteiger partial charge < -0.3 is 0 Å². The summed E-state index contributed by atoms with van der Waals surface area (Å²) < 4.78 is 0. The van der Waals surface area contributed by atoms with E-state index < -0.39 is 0 Å². The molecule has 0 saturated carbocycles. The summed E-state index contributed by atoms with van der Waals surface area (Å²) in [6.07, 6.45) is 1.61. The highest BCUT2D eigenvalue weighted by molar-refractivity contribution is 6.33. The first kappa shape index (κ1) is 17.9. The Labute approximate surface area is 154 Å². The van der Waals surface area contributed by atoms with Gasteiger partial charge in [-0.05, 0) is 36.5 Å². The highest BCUT2D eigenvalue weighted by atomic mass is 16.2. The highest BCUT2D eigenvalue weighted by Gasteiger charge is 2.38. The number of ketones is 1. The average Bonchev–Trinajstić information content (AvgIpc) is 2.89. The Morgan fingerprint density at radius 3 is 2.08 bits per heavy atom. The lowest BCUT2D eigenvalue weighted by Crippen LogP contribution is -2.29. The van der Waals surface area contributed by atoms with Gasteiger partial charge in [-0.3, -0.25) is 14.5 Å². The van der Waals surface area contributed by atoms with E-state index in [-0.39, 0.29) is 17.3 Å². The van der Waals surface area contributed by atoms with Gasteiger partial charge in [-0.25, -0.2) is 0 Å². The molecular weight excluding hydrogens is 322 g/mol. The van der Waals surface area contributed by atoms with Gasteiger partial charge in [0.25, 0.3) is 5.91 Å². The Bertz CT molecular complexity index is 900. The number of nitrogens with zero attached hydrogens (tertiary/aromatic N) is 1. The number of carbonyl (C=O) groups excluding carboxylic acids is 2. The SMILES string of the molecule is C=C1C(C)=C(C(=O)c2ccccc2)C(=O)N1c1c(CC)cccc1CC. The second-order valence-corrected chi connectivity index (χ2v) is 6.41. The molecule has 26 heavy (non-hydrogen) atoms. The minimum absolute atomic E-state index is 0.217. The van der Waals surface area contributed by atoms with E-state index in [0.29, 0.717) is 16.8 Å². The summed E-state index contributed by atoms with van der Waals surface area (Å²) in [6, 6.07) is 15.0. The summed E-state index contributed by atoms with van der Waals surface area (Å²) in [4.78, 5) is 27.8. The molecule has 1 aliphatic rings. The molecule has 0 radical (unpaired) electrons. The van der Waals surface area contributed by atoms with E-state index in [1.165, 1.54) is 0 Å². The van der Waals surface area contributed by atoms with Crippen LogP contribution < -0.4 is 4.90 Å². The van der Waals surface area contributed by atoms with E-state index in [9.17, 15) is 9.59 Å². The van der Waals surface area contributed by atoms with Crippen LogP contribution in [0.4, 0.5) is 5.69 Å². The van der Waals surface area contributed by atoms with Crippen molar-refractivity contribution < 1.29 is 9.59 Å². The zero-order chi connectivity index (χ0) is 18.8. The molecule has 0 unspecified atom stereocenters. The number of allylic oxidation sites excluding steroid dienone is 1. The topological polar surface area (TPSA) is 37.4 Å². The van der Waals surface area contributed by atoms with E-state index in [0.717, 1.165) is 29.7 Å². The fraction of sp³-hybridized carbons (Fsp3) is 0.217. The second-order valence-electron chi connectivity index (χ2n) is 6.41. The van der Waals surface area contributed by atoms with Crippen molar-refractivity contribution in [1.82, 2.24) is 0 Å². The molecule has 3 nitrogen and oxygen atoms in total. The molecule has 1 aliphatic heterocycles. The number of rotatable bonds is 5. The molecule has 0 aliphatic carbocycles. The molecular formula is C23H23NO2. The Kier molecular flexibility index (Phi) is 4.90. The van der Waals surface area contributed by atoms with Gasteiger partial charge in [0.05, 0.1) is 11.3 Å². The van der Waals surface area contributed by atoms with Crippen LogP contribution in [0.5, 0.6) is 0 Å². The molecule has 2 aromatic rings. The second kappa shape index (κ2) is 7.12. The summed E-state index contributed by atoms with van der Waals surface area (Å²) in [5, 5.41) is 0. The van der Waals surface area contributed by atoms with Crippen LogP contribution in [0.25, 0.3) is 0 Å². The molecule has 0 saturated heterocycles. The molecule has 0 aromatic heterocycles. The van der Waals surface area contributed by atoms with E-state index in [2.05, 4.69) is 20.4 Å². The van der Waals surface area contributed by atoms with Gasteiger partial charge in [-0.1, -0.05) is 69.0 Å². The van der Waals surface area contributed by atoms with Gasteiger partial charge in [-0.2, -0.15) is 0 Å². The maximum atomic E-state index is 13.3. The normalized spacial score (nSPS) is 14.3. The van der Waals surface area contributed by atoms with E-state index in [4.69, 9.17) is 0 Å². The average molecular weight is 345 g/mol. The first-order valence-corrected chi connectivity index (χ1v) is 8.96. The van der Waals surface area contributed by atoms with Crippen molar-refractivity contribution in [2.75, 3.05) is 4.90 Å². The Morgan fingerprint density at radius 1 is 0.962 bits per heavy atom. The number of benzene rings is 2. The zero-order valence-electron chi connectivity index (χ0n) is 15.5. The van der Waals surface area contributed by atoms with E-state index in [1.807, 2.05) is 24.3 Å². The molecule has 0 atom stereocenters. The van der Waals surface area contributed by atoms with Gasteiger partial charge in [0.15, 0.2) is 5.78 Å². The summed E-state index contributed by atoms with van der Waals surface area (Å²) in [5.74, 6) is -0.527. The van der Waals surface area contributed by atoms with Crippen LogP contribution in [0.15, 0.2) is 72.0 Å². The quantitative estimate of drug-likeness (QED) is 0.572. The third-order valence-corrected chi connectivity index (χ3v) is 4.95. The van der Waals surface area contributed by atoms with Crippen molar-refractivity contribution >= 4 is 17.4 Å². The largest absolute Gasteiger partial charge is 0.288 e. The van der Waals surface area contributed by atoms with Gasteiger partial charge >= 0.3 is 0 Å². The molecule has 0 N–H and O–H groups in total. The first-order valence-electron chi connectivity index (χ1n) is 8.96. The van der Waals surface area contributed by atoms with Crippen LogP contribution in [-0.4, -0.2) is 11.7 Å². The third-order valence-electron chi connectivity index (χ3n) is 4.95.